The van der Waals surface area contributed by atoms with Gasteiger partial charge >= 0.3 is 0 Å². The molecule has 0 aliphatic carbocycles. The molecule has 2 aliphatic rings. The lowest BCUT2D eigenvalue weighted by molar-refractivity contribution is 0.305. The molecule has 0 unspecified atom stereocenters. The third kappa shape index (κ3) is 3.68. The Labute approximate surface area is 134 Å². The standard InChI is InChI=1S/C16H26N4.ClH/c1-12(2)19(3)16-5-4-13(6-18-16)9-20-10-14-7-17-8-15(14)11-20;/h4-6,12,14-15,17H,7-11H2,1-3H3;1H/t14-,15+;. The zero-order valence-corrected chi connectivity index (χ0v) is 14.1. The van der Waals surface area contributed by atoms with Crippen molar-refractivity contribution in [2.24, 2.45) is 11.8 Å². The third-order valence-corrected chi connectivity index (χ3v) is 4.82. The molecule has 1 aromatic heterocycles. The van der Waals surface area contributed by atoms with E-state index in [1.165, 1.54) is 31.7 Å². The van der Waals surface area contributed by atoms with Crippen molar-refractivity contribution in [3.63, 3.8) is 0 Å². The van der Waals surface area contributed by atoms with Gasteiger partial charge in [0.25, 0.3) is 0 Å². The molecule has 5 heteroatoms. The van der Waals surface area contributed by atoms with Crippen LogP contribution in [0.2, 0.25) is 0 Å². The van der Waals surface area contributed by atoms with Crippen LogP contribution >= 0.6 is 12.4 Å². The number of likely N-dealkylation sites (tertiary alicyclic amines) is 1. The average Bonchev–Trinajstić information content (AvgIpc) is 2.99. The highest BCUT2D eigenvalue weighted by Crippen LogP contribution is 2.27. The Hall–Kier alpha value is -0.840. The maximum absolute atomic E-state index is 4.60. The van der Waals surface area contributed by atoms with Crippen LogP contribution in [0.15, 0.2) is 18.3 Å². The minimum absolute atomic E-state index is 0. The number of nitrogens with zero attached hydrogens (tertiary/aromatic N) is 3. The van der Waals surface area contributed by atoms with Crippen molar-refractivity contribution in [3.8, 4) is 0 Å². The first-order chi connectivity index (χ1) is 9.63. The van der Waals surface area contributed by atoms with Crippen LogP contribution in [-0.4, -0.2) is 49.2 Å². The van der Waals surface area contributed by atoms with Crippen LogP contribution in [0.25, 0.3) is 0 Å². The lowest BCUT2D eigenvalue weighted by atomic mass is 10.0. The van der Waals surface area contributed by atoms with E-state index < -0.39 is 0 Å². The largest absolute Gasteiger partial charge is 0.357 e. The Morgan fingerprint density at radius 2 is 1.95 bits per heavy atom. The SMILES string of the molecule is CC(C)N(C)c1ccc(CN2C[C@H]3CNC[C@H]3C2)cn1.Cl. The summed E-state index contributed by atoms with van der Waals surface area (Å²) in [5, 5.41) is 3.49. The first kappa shape index (κ1) is 16.5. The summed E-state index contributed by atoms with van der Waals surface area (Å²) >= 11 is 0. The smallest absolute Gasteiger partial charge is 0.128 e. The summed E-state index contributed by atoms with van der Waals surface area (Å²) in [4.78, 5) is 9.39. The molecule has 0 aromatic carbocycles. The second-order valence-corrected chi connectivity index (χ2v) is 6.60. The second kappa shape index (κ2) is 6.95. The summed E-state index contributed by atoms with van der Waals surface area (Å²) < 4.78 is 0. The number of fused-ring (bicyclic) bond motifs is 1. The first-order valence-corrected chi connectivity index (χ1v) is 7.74. The molecule has 1 aromatic rings. The number of hydrogen-bond acceptors (Lipinski definition) is 4. The molecule has 0 radical (unpaired) electrons. The first-order valence-electron chi connectivity index (χ1n) is 7.74. The number of anilines is 1. The fourth-order valence-electron chi connectivity index (χ4n) is 3.32. The molecule has 0 bridgehead atoms. The van der Waals surface area contributed by atoms with Crippen LogP contribution in [0.1, 0.15) is 19.4 Å². The molecule has 2 fully saturated rings. The maximum atomic E-state index is 4.60. The van der Waals surface area contributed by atoms with Gasteiger partial charge in [-0.15, -0.1) is 12.4 Å². The van der Waals surface area contributed by atoms with Gasteiger partial charge in [-0.3, -0.25) is 4.90 Å². The Morgan fingerprint density at radius 1 is 1.29 bits per heavy atom. The van der Waals surface area contributed by atoms with Gasteiger partial charge in [0, 0.05) is 38.9 Å². The van der Waals surface area contributed by atoms with Crippen LogP contribution in [0, 0.1) is 11.8 Å². The van der Waals surface area contributed by atoms with Gasteiger partial charge in [0.1, 0.15) is 5.82 Å². The molecule has 118 valence electrons. The van der Waals surface area contributed by atoms with Gasteiger partial charge in [-0.2, -0.15) is 0 Å². The predicted molar refractivity (Wildman–Crippen MR) is 90.2 cm³/mol. The van der Waals surface area contributed by atoms with E-state index in [1.807, 2.05) is 6.20 Å². The Bertz CT molecular complexity index is 436. The van der Waals surface area contributed by atoms with E-state index in [4.69, 9.17) is 0 Å². The van der Waals surface area contributed by atoms with E-state index in [-0.39, 0.29) is 12.4 Å². The lowest BCUT2D eigenvalue weighted by Crippen LogP contribution is -2.27. The molecule has 3 rings (SSSR count). The van der Waals surface area contributed by atoms with Crippen molar-refractivity contribution < 1.29 is 0 Å². The minimum atomic E-state index is 0. The van der Waals surface area contributed by atoms with E-state index in [0.29, 0.717) is 6.04 Å². The highest BCUT2D eigenvalue weighted by atomic mass is 35.5. The number of halogens is 1. The predicted octanol–water partition coefficient (Wildman–Crippen LogP) is 2.00. The zero-order valence-electron chi connectivity index (χ0n) is 13.2. The van der Waals surface area contributed by atoms with Gasteiger partial charge < -0.3 is 10.2 Å². The second-order valence-electron chi connectivity index (χ2n) is 6.60. The fraction of sp³-hybridized carbons (Fsp3) is 0.688. The number of hydrogen-bond donors (Lipinski definition) is 1. The van der Waals surface area contributed by atoms with Crippen molar-refractivity contribution >= 4 is 18.2 Å². The highest BCUT2D eigenvalue weighted by Gasteiger charge is 2.35. The number of aromatic nitrogens is 1. The van der Waals surface area contributed by atoms with Crippen molar-refractivity contribution in [1.82, 2.24) is 15.2 Å². The van der Waals surface area contributed by atoms with Gasteiger partial charge in [-0.05, 0) is 50.4 Å². The maximum Gasteiger partial charge on any atom is 0.128 e. The van der Waals surface area contributed by atoms with Crippen molar-refractivity contribution in [1.29, 1.82) is 0 Å². The fourth-order valence-corrected chi connectivity index (χ4v) is 3.32. The van der Waals surface area contributed by atoms with Gasteiger partial charge in [0.05, 0.1) is 0 Å². The van der Waals surface area contributed by atoms with E-state index in [9.17, 15) is 0 Å². The minimum Gasteiger partial charge on any atom is -0.357 e. The average molecular weight is 311 g/mol. The molecular formula is C16H27ClN4. The molecule has 2 saturated heterocycles. The number of pyridine rings is 1. The van der Waals surface area contributed by atoms with Gasteiger partial charge in [0.2, 0.25) is 0 Å². The summed E-state index contributed by atoms with van der Waals surface area (Å²) in [6, 6.07) is 4.86. The molecule has 0 saturated carbocycles. The normalized spacial score (nSPS) is 25.0. The summed E-state index contributed by atoms with van der Waals surface area (Å²) in [5.74, 6) is 2.80. The van der Waals surface area contributed by atoms with E-state index >= 15 is 0 Å². The summed E-state index contributed by atoms with van der Waals surface area (Å²) in [7, 11) is 2.10. The van der Waals surface area contributed by atoms with Gasteiger partial charge in [-0.25, -0.2) is 4.98 Å². The molecular weight excluding hydrogens is 284 g/mol. The Kier molecular flexibility index (Phi) is 5.47. The molecule has 1 N–H and O–H groups in total. The van der Waals surface area contributed by atoms with E-state index in [0.717, 1.165) is 24.2 Å². The quantitative estimate of drug-likeness (QED) is 0.922. The Morgan fingerprint density at radius 3 is 2.48 bits per heavy atom. The van der Waals surface area contributed by atoms with E-state index in [1.54, 1.807) is 0 Å². The summed E-state index contributed by atoms with van der Waals surface area (Å²) in [6.45, 7) is 10.3. The third-order valence-electron chi connectivity index (χ3n) is 4.82. The van der Waals surface area contributed by atoms with Crippen LogP contribution in [0.4, 0.5) is 5.82 Å². The molecule has 4 nitrogen and oxygen atoms in total. The molecule has 0 spiro atoms. The summed E-state index contributed by atoms with van der Waals surface area (Å²) in [6.07, 6.45) is 2.04. The van der Waals surface area contributed by atoms with Gasteiger partial charge in [-0.1, -0.05) is 6.07 Å². The molecule has 21 heavy (non-hydrogen) atoms. The van der Waals surface area contributed by atoms with Crippen molar-refractivity contribution in [2.45, 2.75) is 26.4 Å². The van der Waals surface area contributed by atoms with Crippen molar-refractivity contribution in [3.05, 3.63) is 23.9 Å². The molecule has 3 heterocycles. The van der Waals surface area contributed by atoms with Crippen LogP contribution in [-0.2, 0) is 6.54 Å². The van der Waals surface area contributed by atoms with Crippen LogP contribution in [0.3, 0.4) is 0 Å². The monoisotopic (exact) mass is 310 g/mol. The lowest BCUT2D eigenvalue weighted by Gasteiger charge is -2.23. The molecule has 2 aliphatic heterocycles. The number of nitrogens with one attached hydrogen (secondary N) is 1. The van der Waals surface area contributed by atoms with Crippen molar-refractivity contribution in [2.75, 3.05) is 38.1 Å². The van der Waals surface area contributed by atoms with E-state index in [2.05, 4.69) is 53.1 Å². The summed E-state index contributed by atoms with van der Waals surface area (Å²) in [5.41, 5.74) is 1.33. The van der Waals surface area contributed by atoms with Gasteiger partial charge in [0.15, 0.2) is 0 Å². The zero-order chi connectivity index (χ0) is 14.1. The molecule has 0 amide bonds. The topological polar surface area (TPSA) is 31.4 Å². The van der Waals surface area contributed by atoms with Crippen LogP contribution in [0.5, 0.6) is 0 Å². The Balaban J connectivity index is 0.00000161. The number of rotatable bonds is 4. The van der Waals surface area contributed by atoms with Crippen LogP contribution < -0.4 is 10.2 Å². The highest BCUT2D eigenvalue weighted by molar-refractivity contribution is 5.85. The molecule has 2 atom stereocenters.